The number of piperidine rings is 1. The number of rotatable bonds is 5. The van der Waals surface area contributed by atoms with Crippen LogP contribution in [0.25, 0.3) is 0 Å². The van der Waals surface area contributed by atoms with E-state index in [-0.39, 0.29) is 23.8 Å². The van der Waals surface area contributed by atoms with Gasteiger partial charge in [0.2, 0.25) is 0 Å². The Morgan fingerprint density at radius 1 is 1.03 bits per heavy atom. The number of hydrogen-bond acceptors (Lipinski definition) is 5. The van der Waals surface area contributed by atoms with Crippen LogP contribution in [-0.4, -0.2) is 88.1 Å². The zero-order valence-corrected chi connectivity index (χ0v) is 20.7. The van der Waals surface area contributed by atoms with Crippen LogP contribution < -0.4 is 4.90 Å². The van der Waals surface area contributed by atoms with Crippen molar-refractivity contribution in [3.05, 3.63) is 59.0 Å². The van der Waals surface area contributed by atoms with Crippen molar-refractivity contribution in [2.45, 2.75) is 44.1 Å². The number of halogens is 4. The Labute approximate surface area is 217 Å². The highest BCUT2D eigenvalue weighted by molar-refractivity contribution is 5.94. The van der Waals surface area contributed by atoms with Crippen LogP contribution in [0.2, 0.25) is 0 Å². The van der Waals surface area contributed by atoms with E-state index >= 15 is 0 Å². The number of amides is 3. The number of urea groups is 1. The highest BCUT2D eigenvalue weighted by Gasteiger charge is 2.37. The van der Waals surface area contributed by atoms with Gasteiger partial charge in [-0.15, -0.1) is 0 Å². The molecule has 1 aromatic carbocycles. The summed E-state index contributed by atoms with van der Waals surface area (Å²) in [7, 11) is 0. The first-order chi connectivity index (χ1) is 18.1. The fraction of sp³-hybridized carbons (Fsp3) is 0.500. The summed E-state index contributed by atoms with van der Waals surface area (Å²) in [6.45, 7) is 3.17. The predicted octanol–water partition coefficient (Wildman–Crippen LogP) is 3.35. The van der Waals surface area contributed by atoms with Crippen molar-refractivity contribution < 1.29 is 32.3 Å². The fourth-order valence-electron chi connectivity index (χ4n) is 5.38. The molecule has 1 unspecified atom stereocenters. The molecule has 204 valence electrons. The van der Waals surface area contributed by atoms with Crippen molar-refractivity contribution in [2.75, 3.05) is 44.2 Å². The minimum Gasteiger partial charge on any atom is -0.391 e. The number of likely N-dealkylation sites (tertiary alicyclic amines) is 1. The topological polar surface area (TPSA) is 80.2 Å². The molecule has 1 atom stereocenters. The Morgan fingerprint density at radius 3 is 2.34 bits per heavy atom. The van der Waals surface area contributed by atoms with Gasteiger partial charge in [0.25, 0.3) is 5.91 Å². The SMILES string of the molecule is O=C(c1ccc(CN2CCN(C3CCN(c4ncc(C(F)(F)F)cc4F)CC3)C2=O)cc1)N1CCC(O)C1. The van der Waals surface area contributed by atoms with E-state index in [1.165, 1.54) is 0 Å². The average molecular weight is 536 g/mol. The van der Waals surface area contributed by atoms with Gasteiger partial charge in [-0.25, -0.2) is 14.2 Å². The number of alkyl halides is 3. The number of hydrogen-bond donors (Lipinski definition) is 1. The van der Waals surface area contributed by atoms with Crippen molar-refractivity contribution in [3.63, 3.8) is 0 Å². The quantitative estimate of drug-likeness (QED) is 0.595. The van der Waals surface area contributed by atoms with Crippen molar-refractivity contribution in [1.29, 1.82) is 0 Å². The van der Waals surface area contributed by atoms with Gasteiger partial charge >= 0.3 is 12.2 Å². The van der Waals surface area contributed by atoms with Gasteiger partial charge in [-0.3, -0.25) is 4.79 Å². The Balaban J connectivity index is 1.14. The number of nitrogens with zero attached hydrogens (tertiary/aromatic N) is 5. The molecule has 8 nitrogen and oxygen atoms in total. The van der Waals surface area contributed by atoms with Crippen molar-refractivity contribution in [1.82, 2.24) is 19.7 Å². The van der Waals surface area contributed by atoms with Gasteiger partial charge < -0.3 is 24.7 Å². The van der Waals surface area contributed by atoms with E-state index in [0.29, 0.717) is 82.9 Å². The number of carbonyl (C=O) groups is 2. The van der Waals surface area contributed by atoms with Gasteiger partial charge in [0, 0.05) is 63.6 Å². The summed E-state index contributed by atoms with van der Waals surface area (Å²) in [5.41, 5.74) is 0.323. The lowest BCUT2D eigenvalue weighted by atomic mass is 10.0. The molecule has 3 saturated heterocycles. The summed E-state index contributed by atoms with van der Waals surface area (Å²) in [5, 5.41) is 9.66. The lowest BCUT2D eigenvalue weighted by molar-refractivity contribution is -0.138. The zero-order valence-electron chi connectivity index (χ0n) is 20.7. The minimum absolute atomic E-state index is 0.0444. The molecule has 1 N–H and O–H groups in total. The fourth-order valence-corrected chi connectivity index (χ4v) is 5.38. The highest BCUT2D eigenvalue weighted by atomic mass is 19.4. The van der Waals surface area contributed by atoms with Crippen molar-refractivity contribution in [2.24, 2.45) is 0 Å². The maximum Gasteiger partial charge on any atom is 0.417 e. The molecule has 3 fully saturated rings. The van der Waals surface area contributed by atoms with Crippen LogP contribution in [0, 0.1) is 5.82 Å². The van der Waals surface area contributed by atoms with Crippen molar-refractivity contribution in [3.8, 4) is 0 Å². The van der Waals surface area contributed by atoms with Crippen LogP contribution in [0.1, 0.15) is 40.7 Å². The summed E-state index contributed by atoms with van der Waals surface area (Å²) in [4.78, 5) is 36.2. The molecule has 0 radical (unpaired) electrons. The Bertz CT molecular complexity index is 1180. The average Bonchev–Trinajstić information content (AvgIpc) is 3.49. The standard InChI is InChI=1S/C26H29F4N5O3/c27-22-13-19(26(28,29)30)14-31-23(22)32-8-5-20(6-9-32)35-12-11-34(25(35)38)15-17-1-3-18(4-2-17)24(37)33-10-7-21(36)16-33/h1-4,13-14,20-21,36H,5-12,15-16H2. The molecule has 0 bridgehead atoms. The Hall–Kier alpha value is -3.41. The van der Waals surface area contributed by atoms with Gasteiger partial charge in [-0.1, -0.05) is 12.1 Å². The van der Waals surface area contributed by atoms with E-state index in [4.69, 9.17) is 0 Å². The Morgan fingerprint density at radius 2 is 1.74 bits per heavy atom. The molecule has 12 heteroatoms. The van der Waals surface area contributed by atoms with Gasteiger partial charge in [0.05, 0.1) is 11.7 Å². The number of benzene rings is 1. The second-order valence-electron chi connectivity index (χ2n) is 10.0. The number of aliphatic hydroxyl groups is 1. The molecule has 3 amide bonds. The van der Waals surface area contributed by atoms with Crippen LogP contribution in [0.15, 0.2) is 36.5 Å². The molecular weight excluding hydrogens is 506 g/mol. The van der Waals surface area contributed by atoms with Crippen LogP contribution in [0.3, 0.4) is 0 Å². The molecule has 5 rings (SSSR count). The molecular formula is C26H29F4N5O3. The summed E-state index contributed by atoms with van der Waals surface area (Å²) in [5.74, 6) is -1.23. The number of anilines is 1. The molecule has 4 heterocycles. The first kappa shape index (κ1) is 26.2. The summed E-state index contributed by atoms with van der Waals surface area (Å²) >= 11 is 0. The molecule has 0 saturated carbocycles. The zero-order chi connectivity index (χ0) is 27.0. The van der Waals surface area contributed by atoms with Crippen molar-refractivity contribution >= 4 is 17.8 Å². The van der Waals surface area contributed by atoms with Crippen LogP contribution in [0.5, 0.6) is 0 Å². The molecule has 0 spiro atoms. The third kappa shape index (κ3) is 5.40. The van der Waals surface area contributed by atoms with E-state index < -0.39 is 23.7 Å². The third-order valence-corrected chi connectivity index (χ3v) is 7.51. The summed E-state index contributed by atoms with van der Waals surface area (Å²) in [6, 6.07) is 7.48. The van der Waals surface area contributed by atoms with Crippen LogP contribution in [-0.2, 0) is 12.7 Å². The predicted molar refractivity (Wildman–Crippen MR) is 130 cm³/mol. The molecule has 3 aliphatic heterocycles. The summed E-state index contributed by atoms with van der Waals surface area (Å²) in [6.07, 6.45) is -2.78. The number of aromatic nitrogens is 1. The normalized spacial score (nSPS) is 21.1. The maximum absolute atomic E-state index is 14.3. The van der Waals surface area contributed by atoms with Crippen LogP contribution in [0.4, 0.5) is 28.2 Å². The number of aliphatic hydroxyl groups excluding tert-OH is 1. The number of pyridine rings is 1. The smallest absolute Gasteiger partial charge is 0.391 e. The van der Waals surface area contributed by atoms with Crippen LogP contribution >= 0.6 is 0 Å². The lowest BCUT2D eigenvalue weighted by Gasteiger charge is -2.37. The first-order valence-corrected chi connectivity index (χ1v) is 12.7. The maximum atomic E-state index is 14.3. The molecule has 2 aromatic rings. The highest BCUT2D eigenvalue weighted by Crippen LogP contribution is 2.32. The summed E-state index contributed by atoms with van der Waals surface area (Å²) < 4.78 is 52.8. The molecule has 38 heavy (non-hydrogen) atoms. The van der Waals surface area contributed by atoms with E-state index in [9.17, 15) is 32.3 Å². The van der Waals surface area contributed by atoms with Gasteiger partial charge in [0.1, 0.15) is 0 Å². The minimum atomic E-state index is -4.65. The van der Waals surface area contributed by atoms with Gasteiger partial charge in [-0.05, 0) is 43.0 Å². The Kier molecular flexibility index (Phi) is 7.17. The lowest BCUT2D eigenvalue weighted by Crippen LogP contribution is -2.47. The van der Waals surface area contributed by atoms with Gasteiger partial charge in [-0.2, -0.15) is 13.2 Å². The first-order valence-electron chi connectivity index (χ1n) is 12.7. The van der Waals surface area contributed by atoms with E-state index in [1.54, 1.807) is 26.8 Å². The molecule has 3 aliphatic rings. The molecule has 0 aliphatic carbocycles. The third-order valence-electron chi connectivity index (χ3n) is 7.51. The molecule has 1 aromatic heterocycles. The number of β-amino-alcohol motifs (C(OH)–C–C–N with tert-alkyl or cyclic N) is 1. The second kappa shape index (κ2) is 10.4. The largest absolute Gasteiger partial charge is 0.417 e. The van der Waals surface area contributed by atoms with Gasteiger partial charge in [0.15, 0.2) is 11.6 Å². The number of carbonyl (C=O) groups excluding carboxylic acids is 2. The van der Waals surface area contributed by atoms with E-state index in [2.05, 4.69) is 4.98 Å². The van der Waals surface area contributed by atoms with E-state index in [0.717, 1.165) is 5.56 Å². The second-order valence-corrected chi connectivity index (χ2v) is 10.0. The van der Waals surface area contributed by atoms with E-state index in [1.807, 2.05) is 17.0 Å². The monoisotopic (exact) mass is 535 g/mol.